The molecule has 62 valence electrons. The van der Waals surface area contributed by atoms with Crippen LogP contribution in [0.4, 0.5) is 0 Å². The summed E-state index contributed by atoms with van der Waals surface area (Å²) in [4.78, 5) is 0. The minimum absolute atomic E-state index is 0.316. The summed E-state index contributed by atoms with van der Waals surface area (Å²) < 4.78 is 15.8. The average Bonchev–Trinajstić information content (AvgIpc) is 2.73. The predicted octanol–water partition coefficient (Wildman–Crippen LogP) is 1.05. The van der Waals surface area contributed by atoms with Crippen molar-refractivity contribution in [2.75, 3.05) is 13.2 Å². The summed E-state index contributed by atoms with van der Waals surface area (Å²) in [5, 5.41) is 0. The van der Waals surface area contributed by atoms with Crippen LogP contribution in [0.5, 0.6) is 0 Å². The molecule has 1 fully saturated rings. The molecule has 0 bridgehead atoms. The first kappa shape index (κ1) is 7.13. The van der Waals surface area contributed by atoms with E-state index in [1.165, 1.54) is 0 Å². The van der Waals surface area contributed by atoms with Gasteiger partial charge in [-0.05, 0) is 6.08 Å². The van der Waals surface area contributed by atoms with Crippen molar-refractivity contribution in [1.82, 2.24) is 0 Å². The topological polar surface area (TPSA) is 31.0 Å². The highest BCUT2D eigenvalue weighted by molar-refractivity contribution is 4.90. The molecule has 0 N–H and O–H groups in total. The fraction of sp³-hybridized carbons (Fsp3) is 0.750. The van der Waals surface area contributed by atoms with Gasteiger partial charge in [-0.3, -0.25) is 0 Å². The van der Waals surface area contributed by atoms with Crippen LogP contribution >= 0.6 is 0 Å². The monoisotopic (exact) mass is 156 g/mol. The molecule has 0 aromatic heterocycles. The second-order valence-electron chi connectivity index (χ2n) is 3.09. The Morgan fingerprint density at radius 3 is 3.09 bits per heavy atom. The van der Waals surface area contributed by atoms with Crippen molar-refractivity contribution in [1.29, 1.82) is 0 Å². The SMILES string of the molecule is CC1(OCC2CO2)CC=CO1. The lowest BCUT2D eigenvalue weighted by Crippen LogP contribution is -2.28. The summed E-state index contributed by atoms with van der Waals surface area (Å²) in [6.07, 6.45) is 4.80. The van der Waals surface area contributed by atoms with Gasteiger partial charge < -0.3 is 14.2 Å². The highest BCUT2D eigenvalue weighted by atomic mass is 16.7. The van der Waals surface area contributed by atoms with Crippen molar-refractivity contribution in [3.05, 3.63) is 12.3 Å². The first-order chi connectivity index (χ1) is 5.29. The van der Waals surface area contributed by atoms with Crippen LogP contribution in [0, 0.1) is 0 Å². The van der Waals surface area contributed by atoms with E-state index in [0.717, 1.165) is 13.0 Å². The molecule has 0 aliphatic carbocycles. The molecular weight excluding hydrogens is 144 g/mol. The standard InChI is InChI=1S/C8H12O3/c1-8(3-2-4-10-8)11-6-7-5-9-7/h2,4,7H,3,5-6H2,1H3. The molecular formula is C8H12O3. The van der Waals surface area contributed by atoms with Crippen molar-refractivity contribution in [3.8, 4) is 0 Å². The van der Waals surface area contributed by atoms with Gasteiger partial charge >= 0.3 is 0 Å². The highest BCUT2D eigenvalue weighted by Crippen LogP contribution is 2.25. The largest absolute Gasteiger partial charge is 0.470 e. The number of rotatable bonds is 3. The van der Waals surface area contributed by atoms with E-state index in [1.807, 2.05) is 13.0 Å². The fourth-order valence-electron chi connectivity index (χ4n) is 1.03. The Morgan fingerprint density at radius 2 is 2.55 bits per heavy atom. The second-order valence-corrected chi connectivity index (χ2v) is 3.09. The van der Waals surface area contributed by atoms with Crippen molar-refractivity contribution < 1.29 is 14.2 Å². The lowest BCUT2D eigenvalue weighted by Gasteiger charge is -2.23. The van der Waals surface area contributed by atoms with Gasteiger partial charge in [0, 0.05) is 13.3 Å². The summed E-state index contributed by atoms with van der Waals surface area (Å²) in [6, 6.07) is 0. The molecule has 2 aliphatic heterocycles. The van der Waals surface area contributed by atoms with Crippen LogP contribution in [0.2, 0.25) is 0 Å². The molecule has 0 spiro atoms. The van der Waals surface area contributed by atoms with Crippen LogP contribution < -0.4 is 0 Å². The fourth-order valence-corrected chi connectivity index (χ4v) is 1.03. The van der Waals surface area contributed by atoms with Gasteiger partial charge in [0.25, 0.3) is 0 Å². The quantitative estimate of drug-likeness (QED) is 0.572. The molecule has 0 saturated carbocycles. The molecule has 0 aromatic rings. The molecule has 0 amide bonds. The molecule has 1 saturated heterocycles. The molecule has 2 unspecified atom stereocenters. The van der Waals surface area contributed by atoms with Gasteiger partial charge in [0.05, 0.1) is 19.5 Å². The van der Waals surface area contributed by atoms with Gasteiger partial charge in [-0.2, -0.15) is 0 Å². The first-order valence-corrected chi connectivity index (χ1v) is 3.87. The molecule has 3 heteroatoms. The van der Waals surface area contributed by atoms with E-state index in [0.29, 0.717) is 12.7 Å². The van der Waals surface area contributed by atoms with Gasteiger partial charge in [0.15, 0.2) is 0 Å². The maximum Gasteiger partial charge on any atom is 0.210 e. The van der Waals surface area contributed by atoms with Gasteiger partial charge in [-0.1, -0.05) is 0 Å². The van der Waals surface area contributed by atoms with Crippen LogP contribution in [0.25, 0.3) is 0 Å². The van der Waals surface area contributed by atoms with Crippen LogP contribution in [0.15, 0.2) is 12.3 Å². The molecule has 0 aromatic carbocycles. The molecule has 2 atom stereocenters. The zero-order valence-electron chi connectivity index (χ0n) is 6.58. The summed E-state index contributed by atoms with van der Waals surface area (Å²) in [7, 11) is 0. The molecule has 2 rings (SSSR count). The van der Waals surface area contributed by atoms with Crippen molar-refractivity contribution in [2.24, 2.45) is 0 Å². The average molecular weight is 156 g/mol. The number of epoxide rings is 1. The Hall–Kier alpha value is -0.540. The van der Waals surface area contributed by atoms with Gasteiger partial charge in [-0.25, -0.2) is 0 Å². The molecule has 11 heavy (non-hydrogen) atoms. The third-order valence-corrected chi connectivity index (χ3v) is 1.88. The number of hydrogen-bond acceptors (Lipinski definition) is 3. The Kier molecular flexibility index (Phi) is 1.62. The minimum atomic E-state index is -0.425. The third kappa shape index (κ3) is 1.73. The lowest BCUT2D eigenvalue weighted by atomic mass is 10.2. The summed E-state index contributed by atoms with van der Waals surface area (Å²) in [6.45, 7) is 3.43. The van der Waals surface area contributed by atoms with Crippen LogP contribution in [-0.2, 0) is 14.2 Å². The van der Waals surface area contributed by atoms with E-state index in [1.54, 1.807) is 6.26 Å². The highest BCUT2D eigenvalue weighted by Gasteiger charge is 2.32. The Balaban J connectivity index is 1.74. The smallest absolute Gasteiger partial charge is 0.210 e. The normalized spacial score (nSPS) is 40.6. The van der Waals surface area contributed by atoms with E-state index < -0.39 is 5.79 Å². The van der Waals surface area contributed by atoms with Crippen LogP contribution in [0.1, 0.15) is 13.3 Å². The van der Waals surface area contributed by atoms with Crippen molar-refractivity contribution in [3.63, 3.8) is 0 Å². The van der Waals surface area contributed by atoms with Gasteiger partial charge in [0.1, 0.15) is 6.10 Å². The Morgan fingerprint density at radius 1 is 1.73 bits per heavy atom. The number of hydrogen-bond donors (Lipinski definition) is 0. The summed E-state index contributed by atoms with van der Waals surface area (Å²) in [5.74, 6) is -0.425. The Bertz CT molecular complexity index is 164. The third-order valence-electron chi connectivity index (χ3n) is 1.88. The first-order valence-electron chi connectivity index (χ1n) is 3.87. The van der Waals surface area contributed by atoms with Crippen molar-refractivity contribution >= 4 is 0 Å². The molecule has 2 heterocycles. The van der Waals surface area contributed by atoms with Crippen LogP contribution in [-0.4, -0.2) is 25.1 Å². The van der Waals surface area contributed by atoms with E-state index >= 15 is 0 Å². The van der Waals surface area contributed by atoms with Crippen LogP contribution in [0.3, 0.4) is 0 Å². The summed E-state index contributed by atoms with van der Waals surface area (Å²) in [5.41, 5.74) is 0. The molecule has 2 aliphatic rings. The molecule has 0 radical (unpaired) electrons. The van der Waals surface area contributed by atoms with Gasteiger partial charge in [0.2, 0.25) is 5.79 Å². The van der Waals surface area contributed by atoms with Gasteiger partial charge in [-0.15, -0.1) is 0 Å². The zero-order chi connectivity index (χ0) is 7.73. The minimum Gasteiger partial charge on any atom is -0.470 e. The lowest BCUT2D eigenvalue weighted by molar-refractivity contribution is -0.183. The van der Waals surface area contributed by atoms with Crippen molar-refractivity contribution in [2.45, 2.75) is 25.2 Å². The number of ether oxygens (including phenoxy) is 3. The van der Waals surface area contributed by atoms with E-state index in [4.69, 9.17) is 14.2 Å². The zero-order valence-corrected chi connectivity index (χ0v) is 6.58. The van der Waals surface area contributed by atoms with E-state index in [-0.39, 0.29) is 0 Å². The maximum absolute atomic E-state index is 5.50. The second kappa shape index (κ2) is 2.50. The maximum atomic E-state index is 5.50. The molecule has 3 nitrogen and oxygen atoms in total. The van der Waals surface area contributed by atoms with E-state index in [9.17, 15) is 0 Å². The summed E-state index contributed by atoms with van der Waals surface area (Å²) >= 11 is 0. The predicted molar refractivity (Wildman–Crippen MR) is 38.9 cm³/mol. The Labute approximate surface area is 65.9 Å². The van der Waals surface area contributed by atoms with E-state index in [2.05, 4.69) is 0 Å².